The molecule has 4 rings (SSSR count). The smallest absolute Gasteiger partial charge is 0.307 e. The van der Waals surface area contributed by atoms with Crippen LogP contribution in [0.15, 0.2) is 54.7 Å². The van der Waals surface area contributed by atoms with Crippen LogP contribution in [0.1, 0.15) is 41.1 Å². The van der Waals surface area contributed by atoms with E-state index in [-0.39, 0.29) is 30.3 Å². The summed E-state index contributed by atoms with van der Waals surface area (Å²) in [4.78, 5) is 18.4. The van der Waals surface area contributed by atoms with Gasteiger partial charge >= 0.3 is 5.97 Å². The Morgan fingerprint density at radius 2 is 1.97 bits per heavy atom. The number of esters is 1. The molecule has 2 atom stereocenters. The highest BCUT2D eigenvalue weighted by Gasteiger charge is 2.41. The summed E-state index contributed by atoms with van der Waals surface area (Å²) >= 11 is 5.66. The van der Waals surface area contributed by atoms with Gasteiger partial charge < -0.3 is 19.5 Å². The van der Waals surface area contributed by atoms with Crippen molar-refractivity contribution in [2.45, 2.75) is 32.4 Å². The number of carbonyl (C=O) groups excluding carboxylic acids is 1. The summed E-state index contributed by atoms with van der Waals surface area (Å²) in [6.45, 7) is 4.49. The first kappa shape index (κ1) is 22.0. The molecule has 166 valence electrons. The second kappa shape index (κ2) is 9.08. The molecule has 0 spiro atoms. The molecule has 32 heavy (non-hydrogen) atoms. The lowest BCUT2D eigenvalue weighted by atomic mass is 9.96. The molecule has 1 aliphatic rings. The number of pyridine rings is 1. The van der Waals surface area contributed by atoms with Crippen molar-refractivity contribution in [2.75, 3.05) is 13.7 Å². The number of benzene rings is 1. The van der Waals surface area contributed by atoms with Gasteiger partial charge in [-0.3, -0.25) is 9.78 Å². The molecule has 1 aromatic carbocycles. The fourth-order valence-corrected chi connectivity index (χ4v) is 4.70. The molecule has 3 heterocycles. The third kappa shape index (κ3) is 4.10. The zero-order chi connectivity index (χ0) is 22.8. The van der Waals surface area contributed by atoms with Gasteiger partial charge in [0.05, 0.1) is 31.3 Å². The van der Waals surface area contributed by atoms with Crippen LogP contribution in [-0.4, -0.2) is 39.2 Å². The summed E-state index contributed by atoms with van der Waals surface area (Å²) in [6, 6.07) is 14.0. The number of methoxy groups -OCH3 is 1. The van der Waals surface area contributed by atoms with Crippen LogP contribution >= 0.6 is 12.2 Å². The molecule has 3 aromatic rings. The van der Waals surface area contributed by atoms with Crippen molar-refractivity contribution in [1.29, 1.82) is 0 Å². The Kier molecular flexibility index (Phi) is 6.23. The predicted molar refractivity (Wildman–Crippen MR) is 124 cm³/mol. The van der Waals surface area contributed by atoms with Gasteiger partial charge in [0.2, 0.25) is 0 Å². The normalized spacial score (nSPS) is 18.0. The van der Waals surface area contributed by atoms with Crippen molar-refractivity contribution in [3.63, 3.8) is 0 Å². The van der Waals surface area contributed by atoms with E-state index in [0.29, 0.717) is 11.7 Å². The maximum Gasteiger partial charge on any atom is 0.307 e. The van der Waals surface area contributed by atoms with Gasteiger partial charge in [0, 0.05) is 29.8 Å². The molecule has 2 unspecified atom stereocenters. The van der Waals surface area contributed by atoms with Crippen LogP contribution in [0.3, 0.4) is 0 Å². The maximum atomic E-state index is 13.5. The summed E-state index contributed by atoms with van der Waals surface area (Å²) in [5, 5.41) is 3.97. The third-order valence-corrected chi connectivity index (χ3v) is 6.21. The number of aryl methyl sites for hydroxylation is 1. The van der Waals surface area contributed by atoms with E-state index in [2.05, 4.69) is 20.9 Å². The standard InChI is InChI=1S/C24H25FN4O2S/c1-15-14-19(16(2)29(15)18-9-7-17(25)8-10-18)23-22(20-6-4-5-12-26-20)27-24(32)28(23)13-11-21(30)31-3/h4-10,12,14,22-23H,11,13H2,1-3H3,(H,27,32). The monoisotopic (exact) mass is 452 g/mol. The maximum absolute atomic E-state index is 13.5. The van der Waals surface area contributed by atoms with Crippen molar-refractivity contribution in [3.8, 4) is 5.69 Å². The fourth-order valence-electron chi connectivity index (χ4n) is 4.37. The molecule has 0 radical (unpaired) electrons. The molecule has 0 amide bonds. The molecule has 2 aromatic heterocycles. The van der Waals surface area contributed by atoms with Crippen LogP contribution in [-0.2, 0) is 9.53 Å². The SMILES string of the molecule is COC(=O)CCN1C(=S)NC(c2ccccn2)C1c1cc(C)n(-c2ccc(F)cc2)c1C. The van der Waals surface area contributed by atoms with Crippen molar-refractivity contribution < 1.29 is 13.9 Å². The minimum atomic E-state index is -0.287. The Labute approximate surface area is 192 Å². The molecular formula is C24H25FN4O2S. The predicted octanol–water partition coefficient (Wildman–Crippen LogP) is 4.16. The molecule has 0 bridgehead atoms. The van der Waals surface area contributed by atoms with E-state index in [1.807, 2.05) is 36.9 Å². The Morgan fingerprint density at radius 3 is 2.62 bits per heavy atom. The first-order chi connectivity index (χ1) is 15.4. The number of nitrogens with one attached hydrogen (secondary N) is 1. The average Bonchev–Trinajstić information content (AvgIpc) is 3.28. The number of rotatable bonds is 6. The van der Waals surface area contributed by atoms with E-state index in [1.165, 1.54) is 19.2 Å². The molecule has 1 fully saturated rings. The van der Waals surface area contributed by atoms with Crippen molar-refractivity contribution in [1.82, 2.24) is 19.8 Å². The number of thiocarbonyl (C=S) groups is 1. The van der Waals surface area contributed by atoms with E-state index < -0.39 is 0 Å². The van der Waals surface area contributed by atoms with Gasteiger partial charge in [0.15, 0.2) is 5.11 Å². The van der Waals surface area contributed by atoms with Crippen LogP contribution < -0.4 is 5.32 Å². The minimum absolute atomic E-state index is 0.164. The summed E-state index contributed by atoms with van der Waals surface area (Å²) < 4.78 is 20.4. The largest absolute Gasteiger partial charge is 0.469 e. The Hall–Kier alpha value is -3.26. The van der Waals surface area contributed by atoms with E-state index >= 15 is 0 Å². The highest BCUT2D eigenvalue weighted by molar-refractivity contribution is 7.80. The lowest BCUT2D eigenvalue weighted by Crippen LogP contribution is -2.32. The average molecular weight is 453 g/mol. The molecule has 6 nitrogen and oxygen atoms in total. The van der Waals surface area contributed by atoms with Crippen molar-refractivity contribution in [3.05, 3.63) is 83.2 Å². The summed E-state index contributed by atoms with van der Waals surface area (Å²) in [7, 11) is 1.38. The van der Waals surface area contributed by atoms with Crippen LogP contribution in [0.2, 0.25) is 0 Å². The number of halogens is 1. The Balaban J connectivity index is 1.78. The Morgan fingerprint density at radius 1 is 1.22 bits per heavy atom. The number of hydrogen-bond donors (Lipinski definition) is 1. The van der Waals surface area contributed by atoms with Crippen molar-refractivity contribution in [2.24, 2.45) is 0 Å². The lowest BCUT2D eigenvalue weighted by Gasteiger charge is -2.28. The van der Waals surface area contributed by atoms with Gasteiger partial charge in [-0.1, -0.05) is 6.07 Å². The zero-order valence-corrected chi connectivity index (χ0v) is 19.0. The first-order valence-electron chi connectivity index (χ1n) is 10.4. The first-order valence-corrected chi connectivity index (χ1v) is 10.8. The van der Waals surface area contributed by atoms with Gasteiger partial charge in [-0.25, -0.2) is 4.39 Å². The molecule has 1 aliphatic heterocycles. The van der Waals surface area contributed by atoms with E-state index in [0.717, 1.165) is 28.3 Å². The molecule has 0 saturated carbocycles. The van der Waals surface area contributed by atoms with Crippen LogP contribution in [0.4, 0.5) is 4.39 Å². The number of carbonyl (C=O) groups is 1. The van der Waals surface area contributed by atoms with Crippen molar-refractivity contribution >= 4 is 23.3 Å². The van der Waals surface area contributed by atoms with E-state index in [1.54, 1.807) is 18.3 Å². The second-order valence-corrected chi connectivity index (χ2v) is 8.17. The van der Waals surface area contributed by atoms with Crippen LogP contribution in [0, 0.1) is 19.7 Å². The van der Waals surface area contributed by atoms with Gasteiger partial charge in [0.25, 0.3) is 0 Å². The quantitative estimate of drug-likeness (QED) is 0.448. The number of aromatic nitrogens is 2. The summed E-state index contributed by atoms with van der Waals surface area (Å²) in [5.74, 6) is -0.560. The number of hydrogen-bond acceptors (Lipinski definition) is 4. The van der Waals surface area contributed by atoms with Crippen LogP contribution in [0.5, 0.6) is 0 Å². The highest BCUT2D eigenvalue weighted by Crippen LogP contribution is 2.41. The zero-order valence-electron chi connectivity index (χ0n) is 18.2. The lowest BCUT2D eigenvalue weighted by molar-refractivity contribution is -0.140. The Bertz CT molecular complexity index is 1130. The third-order valence-electron chi connectivity index (χ3n) is 5.86. The topological polar surface area (TPSA) is 59.4 Å². The van der Waals surface area contributed by atoms with Gasteiger partial charge in [0.1, 0.15) is 5.82 Å². The van der Waals surface area contributed by atoms with Gasteiger partial charge in [-0.15, -0.1) is 0 Å². The minimum Gasteiger partial charge on any atom is -0.469 e. The summed E-state index contributed by atoms with van der Waals surface area (Å²) in [5.41, 5.74) is 4.87. The number of ether oxygens (including phenoxy) is 1. The van der Waals surface area contributed by atoms with Gasteiger partial charge in [-0.05, 0) is 74.1 Å². The molecular weight excluding hydrogens is 427 g/mol. The molecule has 0 aliphatic carbocycles. The fraction of sp³-hybridized carbons (Fsp3) is 0.292. The number of nitrogens with zero attached hydrogens (tertiary/aromatic N) is 3. The second-order valence-electron chi connectivity index (χ2n) is 7.78. The van der Waals surface area contributed by atoms with Gasteiger partial charge in [-0.2, -0.15) is 0 Å². The van der Waals surface area contributed by atoms with Crippen LogP contribution in [0.25, 0.3) is 5.69 Å². The molecule has 8 heteroatoms. The van der Waals surface area contributed by atoms with E-state index in [9.17, 15) is 9.18 Å². The molecule has 1 N–H and O–H groups in total. The molecule has 1 saturated heterocycles. The summed E-state index contributed by atoms with van der Waals surface area (Å²) in [6.07, 6.45) is 1.98. The van der Waals surface area contributed by atoms with E-state index in [4.69, 9.17) is 17.0 Å². The highest BCUT2D eigenvalue weighted by atomic mass is 32.1.